The molecule has 0 aliphatic heterocycles. The summed E-state index contributed by atoms with van der Waals surface area (Å²) in [5, 5.41) is 3.64. The predicted molar refractivity (Wildman–Crippen MR) is 95.7 cm³/mol. The number of nitrogens with one attached hydrogen (secondary N) is 1. The van der Waals surface area contributed by atoms with E-state index in [-0.39, 0.29) is 5.78 Å². The first kappa shape index (κ1) is 16.9. The number of hydrogen-bond donors (Lipinski definition) is 1. The molecule has 0 fully saturated rings. The third kappa shape index (κ3) is 3.93. The molecule has 0 aliphatic carbocycles. The molecule has 3 rings (SSSR count). The fourth-order valence-electron chi connectivity index (χ4n) is 2.16. The van der Waals surface area contributed by atoms with Crippen LogP contribution in [0.4, 0.5) is 10.1 Å². The number of thiazole rings is 1. The summed E-state index contributed by atoms with van der Waals surface area (Å²) < 4.78 is 13.5. The quantitative estimate of drug-likeness (QED) is 0.599. The van der Waals surface area contributed by atoms with E-state index in [4.69, 9.17) is 23.2 Å². The van der Waals surface area contributed by atoms with Crippen molar-refractivity contribution in [2.75, 3.05) is 5.32 Å². The van der Waals surface area contributed by atoms with Gasteiger partial charge in [0.1, 0.15) is 5.82 Å². The average Bonchev–Trinajstić information content (AvgIpc) is 2.99. The van der Waals surface area contributed by atoms with Crippen LogP contribution in [0.3, 0.4) is 0 Å². The molecule has 7 heteroatoms. The molecular weight excluding hydrogens is 370 g/mol. The molecule has 1 aromatic heterocycles. The second-order valence-electron chi connectivity index (χ2n) is 4.96. The highest BCUT2D eigenvalue weighted by Gasteiger charge is 2.15. The van der Waals surface area contributed by atoms with Gasteiger partial charge in [-0.05, 0) is 42.5 Å². The lowest BCUT2D eigenvalue weighted by atomic mass is 10.0. The van der Waals surface area contributed by atoms with Gasteiger partial charge in [-0.3, -0.25) is 4.79 Å². The first-order valence-electron chi connectivity index (χ1n) is 6.97. The molecule has 3 nitrogen and oxygen atoms in total. The van der Waals surface area contributed by atoms with Crippen LogP contribution >= 0.6 is 34.5 Å². The Morgan fingerprint density at radius 2 is 1.92 bits per heavy atom. The maximum atomic E-state index is 13.0. The molecular formula is C17H11Cl2FN2OS. The fraction of sp³-hybridized carbons (Fsp3) is 0.0588. The van der Waals surface area contributed by atoms with E-state index >= 15 is 0 Å². The van der Waals surface area contributed by atoms with Gasteiger partial charge in [-0.2, -0.15) is 0 Å². The molecule has 0 spiro atoms. The second-order valence-corrected chi connectivity index (χ2v) is 7.09. The molecule has 0 unspecified atom stereocenters. The Balaban J connectivity index is 1.87. The lowest BCUT2D eigenvalue weighted by Crippen LogP contribution is -2.08. The monoisotopic (exact) mass is 380 g/mol. The summed E-state index contributed by atoms with van der Waals surface area (Å²) in [5.41, 5.74) is 1.45. The van der Waals surface area contributed by atoms with Crippen LogP contribution in [0, 0.1) is 5.82 Å². The van der Waals surface area contributed by atoms with Gasteiger partial charge in [-0.25, -0.2) is 9.37 Å². The van der Waals surface area contributed by atoms with E-state index < -0.39 is 5.82 Å². The van der Waals surface area contributed by atoms with Crippen molar-refractivity contribution in [1.82, 2.24) is 4.98 Å². The van der Waals surface area contributed by atoms with E-state index in [1.54, 1.807) is 24.4 Å². The molecule has 0 saturated heterocycles. The van der Waals surface area contributed by atoms with Crippen molar-refractivity contribution in [3.63, 3.8) is 0 Å². The summed E-state index contributed by atoms with van der Waals surface area (Å²) in [7, 11) is 0. The summed E-state index contributed by atoms with van der Waals surface area (Å²) in [4.78, 5) is 17.6. The molecule has 0 amide bonds. The number of halogens is 3. The second kappa shape index (κ2) is 7.30. The van der Waals surface area contributed by atoms with E-state index in [1.165, 1.54) is 35.6 Å². The molecule has 3 aromatic rings. The van der Waals surface area contributed by atoms with Crippen LogP contribution in [-0.2, 0) is 6.54 Å². The highest BCUT2D eigenvalue weighted by atomic mass is 35.5. The number of hydrogen-bond acceptors (Lipinski definition) is 4. The van der Waals surface area contributed by atoms with Crippen LogP contribution in [0.25, 0.3) is 0 Å². The molecule has 0 atom stereocenters. The largest absolute Gasteiger partial charge is 0.379 e. The van der Waals surface area contributed by atoms with Crippen LogP contribution in [-0.4, -0.2) is 10.8 Å². The predicted octanol–water partition coefficient (Wildman–Crippen LogP) is 5.43. The Kier molecular flexibility index (Phi) is 5.14. The van der Waals surface area contributed by atoms with Gasteiger partial charge in [0.25, 0.3) is 0 Å². The van der Waals surface area contributed by atoms with Gasteiger partial charge >= 0.3 is 0 Å². The zero-order valence-corrected chi connectivity index (χ0v) is 14.6. The van der Waals surface area contributed by atoms with E-state index in [9.17, 15) is 9.18 Å². The average molecular weight is 381 g/mol. The Labute approximate surface area is 152 Å². The Morgan fingerprint density at radius 3 is 2.58 bits per heavy atom. The first-order valence-corrected chi connectivity index (χ1v) is 8.54. The normalized spacial score (nSPS) is 10.6. The highest BCUT2D eigenvalue weighted by Crippen LogP contribution is 2.25. The van der Waals surface area contributed by atoms with E-state index in [2.05, 4.69) is 10.3 Å². The van der Waals surface area contributed by atoms with Crippen LogP contribution in [0.5, 0.6) is 0 Å². The molecule has 0 saturated carbocycles. The molecule has 2 aromatic carbocycles. The van der Waals surface area contributed by atoms with Crippen molar-refractivity contribution in [3.05, 3.63) is 80.0 Å². The number of nitrogens with zero attached hydrogens (tertiary/aromatic N) is 1. The third-order valence-electron chi connectivity index (χ3n) is 3.31. The van der Waals surface area contributed by atoms with Crippen LogP contribution in [0.1, 0.15) is 20.8 Å². The summed E-state index contributed by atoms with van der Waals surface area (Å²) >= 11 is 13.2. The number of rotatable bonds is 5. The van der Waals surface area contributed by atoms with Crippen molar-refractivity contribution >= 4 is 46.0 Å². The standard InChI is InChI=1S/C17H11Cl2FN2OS/c18-11-3-6-15(21-8-13-9-22-17(19)24-13)14(7-11)16(23)10-1-4-12(20)5-2-10/h1-7,9,21H,8H2. The lowest BCUT2D eigenvalue weighted by molar-refractivity contribution is 0.103. The lowest BCUT2D eigenvalue weighted by Gasteiger charge is -2.11. The minimum absolute atomic E-state index is 0.234. The summed E-state index contributed by atoms with van der Waals surface area (Å²) in [5.74, 6) is -0.625. The zero-order valence-electron chi connectivity index (χ0n) is 12.2. The molecule has 1 heterocycles. The number of carbonyl (C=O) groups excluding carboxylic acids is 1. The molecule has 0 aliphatic rings. The van der Waals surface area contributed by atoms with E-state index in [1.807, 2.05) is 0 Å². The fourth-order valence-corrected chi connectivity index (χ4v) is 3.25. The smallest absolute Gasteiger partial charge is 0.195 e. The Morgan fingerprint density at radius 1 is 1.17 bits per heavy atom. The molecule has 0 bridgehead atoms. The van der Waals surface area contributed by atoms with Gasteiger partial charge in [-0.15, -0.1) is 11.3 Å². The first-order chi connectivity index (χ1) is 11.5. The van der Waals surface area contributed by atoms with Crippen LogP contribution in [0.2, 0.25) is 9.49 Å². The molecule has 24 heavy (non-hydrogen) atoms. The maximum absolute atomic E-state index is 13.0. The summed E-state index contributed by atoms with van der Waals surface area (Å²) in [6.07, 6.45) is 1.68. The number of anilines is 1. The SMILES string of the molecule is O=C(c1ccc(F)cc1)c1cc(Cl)ccc1NCc1cnc(Cl)s1. The van der Waals surface area contributed by atoms with E-state index in [0.717, 1.165) is 4.88 Å². The van der Waals surface area contributed by atoms with Gasteiger partial charge in [0, 0.05) is 32.9 Å². The van der Waals surface area contributed by atoms with Gasteiger partial charge in [-0.1, -0.05) is 23.2 Å². The number of ketones is 1. The minimum Gasteiger partial charge on any atom is -0.379 e. The van der Waals surface area contributed by atoms with Crippen molar-refractivity contribution in [2.45, 2.75) is 6.54 Å². The minimum atomic E-state index is -0.391. The summed E-state index contributed by atoms with van der Waals surface area (Å²) in [6.45, 7) is 0.482. The van der Waals surface area contributed by atoms with Gasteiger partial charge in [0.15, 0.2) is 10.3 Å². The zero-order chi connectivity index (χ0) is 17.1. The topological polar surface area (TPSA) is 42.0 Å². The molecule has 0 radical (unpaired) electrons. The Bertz CT molecular complexity index is 881. The van der Waals surface area contributed by atoms with Crippen molar-refractivity contribution in [1.29, 1.82) is 0 Å². The summed E-state index contributed by atoms with van der Waals surface area (Å²) in [6, 6.07) is 10.4. The van der Waals surface area contributed by atoms with Crippen molar-refractivity contribution in [2.24, 2.45) is 0 Å². The number of benzene rings is 2. The highest BCUT2D eigenvalue weighted by molar-refractivity contribution is 7.15. The van der Waals surface area contributed by atoms with Crippen molar-refractivity contribution in [3.8, 4) is 0 Å². The molecule has 1 N–H and O–H groups in total. The van der Waals surface area contributed by atoms with Crippen molar-refractivity contribution < 1.29 is 9.18 Å². The number of carbonyl (C=O) groups is 1. The van der Waals surface area contributed by atoms with Gasteiger partial charge in [0.05, 0.1) is 6.54 Å². The molecule has 122 valence electrons. The number of aromatic nitrogens is 1. The van der Waals surface area contributed by atoms with Crippen LogP contribution < -0.4 is 5.32 Å². The van der Waals surface area contributed by atoms with Crippen LogP contribution in [0.15, 0.2) is 48.7 Å². The maximum Gasteiger partial charge on any atom is 0.195 e. The van der Waals surface area contributed by atoms with E-state index in [0.29, 0.717) is 32.8 Å². The van der Waals surface area contributed by atoms with Gasteiger partial charge < -0.3 is 5.32 Å². The Hall–Kier alpha value is -1.95. The third-order valence-corrected chi connectivity index (χ3v) is 4.66. The van der Waals surface area contributed by atoms with Gasteiger partial charge in [0.2, 0.25) is 0 Å².